The van der Waals surface area contributed by atoms with Crippen LogP contribution in [0.2, 0.25) is 0 Å². The highest BCUT2D eigenvalue weighted by atomic mass is 16.5. The lowest BCUT2D eigenvalue weighted by molar-refractivity contribution is 0.477. The predicted molar refractivity (Wildman–Crippen MR) is 239 cm³/mol. The van der Waals surface area contributed by atoms with E-state index in [-0.39, 0.29) is 0 Å². The molecule has 4 heteroatoms. The number of hydrogen-bond donors (Lipinski definition) is 0. The first kappa shape index (κ1) is 32.4. The number of fused-ring (bicyclic) bond motifs is 8. The van der Waals surface area contributed by atoms with Crippen molar-refractivity contribution in [2.24, 2.45) is 0 Å². The number of hydrogen-bond acceptors (Lipinski definition) is 3. The minimum absolute atomic E-state index is 0.817. The van der Waals surface area contributed by atoms with Crippen molar-refractivity contribution in [1.82, 2.24) is 4.57 Å². The summed E-state index contributed by atoms with van der Waals surface area (Å²) in [6.07, 6.45) is 0. The van der Waals surface area contributed by atoms with Crippen LogP contribution in [0.5, 0.6) is 11.5 Å². The molecule has 0 atom stereocenters. The Kier molecular flexibility index (Phi) is 7.20. The minimum Gasteiger partial charge on any atom is -0.454 e. The number of ether oxygens (including phenoxy) is 1. The average Bonchev–Trinajstić information content (AvgIpc) is 3.84. The number of para-hydroxylation sites is 5. The molecule has 1 aliphatic heterocycles. The van der Waals surface area contributed by atoms with Crippen molar-refractivity contribution in [3.05, 3.63) is 206 Å². The van der Waals surface area contributed by atoms with E-state index in [4.69, 9.17) is 9.15 Å². The van der Waals surface area contributed by atoms with E-state index < -0.39 is 0 Å². The summed E-state index contributed by atoms with van der Waals surface area (Å²) in [5.74, 6) is 1.64. The summed E-state index contributed by atoms with van der Waals surface area (Å²) >= 11 is 0. The summed E-state index contributed by atoms with van der Waals surface area (Å²) in [4.78, 5) is 2.31. The van der Waals surface area contributed by atoms with Crippen LogP contribution < -0.4 is 9.64 Å². The summed E-state index contributed by atoms with van der Waals surface area (Å²) in [5, 5.41) is 4.65. The second kappa shape index (κ2) is 12.9. The highest BCUT2D eigenvalue weighted by Crippen LogP contribution is 2.52. The SMILES string of the molecule is c1ccc(-c2cccc(N3c4ccccc4Oc4cc(-c5cccc(-c6ccc7c8ccccc8n(-c8cccc9c8oc8ccccc89)c7c6)c5)ccc43)c2)cc1. The number of rotatable bonds is 5. The van der Waals surface area contributed by atoms with Gasteiger partial charge in [0.1, 0.15) is 5.58 Å². The van der Waals surface area contributed by atoms with E-state index in [9.17, 15) is 0 Å². The molecule has 9 aromatic carbocycles. The first-order valence-electron chi connectivity index (χ1n) is 19.7. The summed E-state index contributed by atoms with van der Waals surface area (Å²) in [6.45, 7) is 0. The summed E-state index contributed by atoms with van der Waals surface area (Å²) in [6, 6.07) is 73.1. The monoisotopic (exact) mass is 742 g/mol. The normalized spacial score (nSPS) is 12.2. The molecule has 0 amide bonds. The summed E-state index contributed by atoms with van der Waals surface area (Å²) in [5.41, 5.74) is 15.0. The van der Waals surface area contributed by atoms with Gasteiger partial charge in [0.2, 0.25) is 0 Å². The molecule has 1 aliphatic rings. The van der Waals surface area contributed by atoms with E-state index in [1.54, 1.807) is 0 Å². The Balaban J connectivity index is 0.960. The van der Waals surface area contributed by atoms with Crippen LogP contribution in [0, 0.1) is 0 Å². The maximum absolute atomic E-state index is 6.65. The van der Waals surface area contributed by atoms with Crippen molar-refractivity contribution < 1.29 is 9.15 Å². The second-order valence-corrected chi connectivity index (χ2v) is 14.9. The topological polar surface area (TPSA) is 30.5 Å². The standard InChI is InChI=1S/C54H34N2O2/c1-2-13-35(14-3-1)38-17-11-18-41(32-38)55-47-23-7-9-26-52(47)57-53-34-40(28-30-48(53)55)37-16-10-15-36(31-37)39-27-29-43-42-19-4-6-22-46(42)56(50(43)33-39)49-24-12-21-45-44-20-5-8-25-51(44)58-54(45)49/h1-34H. The molecule has 11 aromatic rings. The third-order valence-corrected chi connectivity index (χ3v) is 11.6. The van der Waals surface area contributed by atoms with Gasteiger partial charge in [-0.05, 0) is 100 Å². The molecule has 0 saturated heterocycles. The van der Waals surface area contributed by atoms with E-state index in [0.717, 1.165) is 89.5 Å². The third-order valence-electron chi connectivity index (χ3n) is 11.6. The van der Waals surface area contributed by atoms with Crippen LogP contribution in [0.1, 0.15) is 0 Å². The molecule has 0 aliphatic carbocycles. The van der Waals surface area contributed by atoms with E-state index in [1.807, 2.05) is 24.3 Å². The minimum atomic E-state index is 0.817. The molecule has 0 spiro atoms. The van der Waals surface area contributed by atoms with Crippen molar-refractivity contribution in [1.29, 1.82) is 0 Å². The lowest BCUT2D eigenvalue weighted by Gasteiger charge is -2.33. The van der Waals surface area contributed by atoms with Gasteiger partial charge in [-0.1, -0.05) is 140 Å². The number of nitrogens with zero attached hydrogens (tertiary/aromatic N) is 2. The van der Waals surface area contributed by atoms with Gasteiger partial charge in [0.25, 0.3) is 0 Å². The van der Waals surface area contributed by atoms with Crippen LogP contribution in [0.15, 0.2) is 211 Å². The van der Waals surface area contributed by atoms with Crippen LogP contribution in [0.25, 0.3) is 82.8 Å². The Hall–Kier alpha value is -7.82. The van der Waals surface area contributed by atoms with Crippen molar-refractivity contribution in [3.8, 4) is 50.6 Å². The molecule has 0 unspecified atom stereocenters. The highest BCUT2D eigenvalue weighted by Gasteiger charge is 2.26. The Morgan fingerprint density at radius 3 is 1.83 bits per heavy atom. The molecule has 4 nitrogen and oxygen atoms in total. The first-order chi connectivity index (χ1) is 28.7. The Morgan fingerprint density at radius 1 is 0.328 bits per heavy atom. The molecular formula is C54H34N2O2. The Morgan fingerprint density at radius 2 is 0.931 bits per heavy atom. The fraction of sp³-hybridized carbons (Fsp3) is 0. The predicted octanol–water partition coefficient (Wildman–Crippen LogP) is 15.3. The average molecular weight is 743 g/mol. The summed E-state index contributed by atoms with van der Waals surface area (Å²) < 4.78 is 15.6. The molecule has 12 rings (SSSR count). The van der Waals surface area contributed by atoms with Crippen molar-refractivity contribution >= 4 is 60.8 Å². The van der Waals surface area contributed by atoms with Gasteiger partial charge in [0.05, 0.1) is 28.1 Å². The lowest BCUT2D eigenvalue weighted by atomic mass is 9.97. The molecule has 0 fully saturated rings. The molecule has 3 heterocycles. The smallest absolute Gasteiger partial charge is 0.159 e. The van der Waals surface area contributed by atoms with Crippen molar-refractivity contribution in [3.63, 3.8) is 0 Å². The van der Waals surface area contributed by atoms with Crippen molar-refractivity contribution in [2.45, 2.75) is 0 Å². The van der Waals surface area contributed by atoms with Gasteiger partial charge in [0, 0.05) is 27.2 Å². The van der Waals surface area contributed by atoms with Crippen molar-refractivity contribution in [2.75, 3.05) is 4.90 Å². The fourth-order valence-corrected chi connectivity index (χ4v) is 8.87. The van der Waals surface area contributed by atoms with Crippen LogP contribution in [-0.4, -0.2) is 4.57 Å². The van der Waals surface area contributed by atoms with Crippen LogP contribution in [-0.2, 0) is 0 Å². The van der Waals surface area contributed by atoms with Crippen LogP contribution in [0.4, 0.5) is 17.1 Å². The molecule has 0 N–H and O–H groups in total. The Bertz CT molecular complexity index is 3390. The highest BCUT2D eigenvalue weighted by molar-refractivity contribution is 6.13. The maximum Gasteiger partial charge on any atom is 0.159 e. The second-order valence-electron chi connectivity index (χ2n) is 14.9. The molecular weight excluding hydrogens is 709 g/mol. The van der Waals surface area contributed by atoms with E-state index in [1.165, 1.54) is 21.9 Å². The lowest BCUT2D eigenvalue weighted by Crippen LogP contribution is -2.15. The fourth-order valence-electron chi connectivity index (χ4n) is 8.87. The van der Waals surface area contributed by atoms with Gasteiger partial charge in [0.15, 0.2) is 17.1 Å². The van der Waals surface area contributed by atoms with Crippen LogP contribution >= 0.6 is 0 Å². The number of anilines is 3. The third kappa shape index (κ3) is 5.09. The zero-order valence-corrected chi connectivity index (χ0v) is 31.3. The maximum atomic E-state index is 6.65. The Labute approximate surface area is 335 Å². The van der Waals surface area contributed by atoms with Gasteiger partial charge in [-0.25, -0.2) is 0 Å². The van der Waals surface area contributed by atoms with E-state index in [2.05, 4.69) is 191 Å². The summed E-state index contributed by atoms with van der Waals surface area (Å²) in [7, 11) is 0. The molecule has 272 valence electrons. The molecule has 0 saturated carbocycles. The first-order valence-corrected chi connectivity index (χ1v) is 19.7. The van der Waals surface area contributed by atoms with Crippen LogP contribution in [0.3, 0.4) is 0 Å². The largest absolute Gasteiger partial charge is 0.454 e. The zero-order chi connectivity index (χ0) is 38.2. The van der Waals surface area contributed by atoms with Gasteiger partial charge in [-0.3, -0.25) is 0 Å². The van der Waals surface area contributed by atoms with Gasteiger partial charge >= 0.3 is 0 Å². The molecule has 0 radical (unpaired) electrons. The molecule has 0 bridgehead atoms. The van der Waals surface area contributed by atoms with Gasteiger partial charge < -0.3 is 18.6 Å². The van der Waals surface area contributed by atoms with E-state index in [0.29, 0.717) is 0 Å². The van der Waals surface area contributed by atoms with Gasteiger partial charge in [-0.15, -0.1) is 0 Å². The molecule has 58 heavy (non-hydrogen) atoms. The number of furan rings is 1. The number of benzene rings is 9. The van der Waals surface area contributed by atoms with E-state index >= 15 is 0 Å². The quantitative estimate of drug-likeness (QED) is 0.176. The molecule has 2 aromatic heterocycles. The zero-order valence-electron chi connectivity index (χ0n) is 31.3. The number of aromatic nitrogens is 1. The van der Waals surface area contributed by atoms with Gasteiger partial charge in [-0.2, -0.15) is 0 Å².